The lowest BCUT2D eigenvalue weighted by molar-refractivity contribution is 0.0437. The van der Waals surface area contributed by atoms with Gasteiger partial charge < -0.3 is 24.6 Å². The van der Waals surface area contributed by atoms with E-state index in [9.17, 15) is 5.11 Å². The number of pyridine rings is 1. The molecule has 0 fully saturated rings. The predicted molar refractivity (Wildman–Crippen MR) is 106 cm³/mol. The molecule has 1 atom stereocenters. The van der Waals surface area contributed by atoms with E-state index in [-0.39, 0.29) is 6.54 Å². The van der Waals surface area contributed by atoms with Crippen LogP contribution in [0.5, 0.6) is 0 Å². The van der Waals surface area contributed by atoms with Gasteiger partial charge in [-0.1, -0.05) is 6.07 Å². The van der Waals surface area contributed by atoms with Gasteiger partial charge in [-0.2, -0.15) is 0 Å². The van der Waals surface area contributed by atoms with Gasteiger partial charge in [0.05, 0.1) is 18.5 Å². The average Bonchev–Trinajstić information content (AvgIpc) is 3.30. The number of hydrogen-bond acceptors (Lipinski definition) is 4. The largest absolute Gasteiger partial charge is 0.466 e. The second kappa shape index (κ2) is 8.26. The highest BCUT2D eigenvalue weighted by Crippen LogP contribution is 2.21. The summed E-state index contributed by atoms with van der Waals surface area (Å²) in [6.07, 6.45) is 6.39. The molecule has 0 bridgehead atoms. The molecule has 0 saturated carbocycles. The van der Waals surface area contributed by atoms with Crippen molar-refractivity contribution in [3.8, 4) is 0 Å². The van der Waals surface area contributed by atoms with Crippen molar-refractivity contribution in [2.75, 3.05) is 19.6 Å². The molecule has 3 rings (SSSR count). The number of nitrogens with one attached hydrogen (secondary N) is 2. The number of aliphatic imine (C=N–C) groups is 1. The van der Waals surface area contributed by atoms with Gasteiger partial charge in [-0.15, -0.1) is 0 Å². The number of aryl methyl sites for hydroxylation is 1. The van der Waals surface area contributed by atoms with Gasteiger partial charge in [0, 0.05) is 31.9 Å². The molecule has 144 valence electrons. The second-order valence-electron chi connectivity index (χ2n) is 6.78. The monoisotopic (exact) mass is 369 g/mol. The van der Waals surface area contributed by atoms with Gasteiger partial charge in [-0.3, -0.25) is 0 Å². The van der Waals surface area contributed by atoms with Crippen LogP contribution >= 0.6 is 0 Å². The summed E-state index contributed by atoms with van der Waals surface area (Å²) in [4.78, 5) is 9.17. The summed E-state index contributed by atoms with van der Waals surface area (Å²) in [6.45, 7) is 7.39. The van der Waals surface area contributed by atoms with Crippen molar-refractivity contribution in [3.05, 3.63) is 59.9 Å². The van der Waals surface area contributed by atoms with Crippen LogP contribution in [0.15, 0.2) is 52.3 Å². The fourth-order valence-corrected chi connectivity index (χ4v) is 2.87. The zero-order valence-electron chi connectivity index (χ0n) is 16.1. The lowest BCUT2D eigenvalue weighted by Crippen LogP contribution is -2.39. The van der Waals surface area contributed by atoms with Crippen LogP contribution in [0.25, 0.3) is 5.65 Å². The first kappa shape index (κ1) is 19.0. The van der Waals surface area contributed by atoms with E-state index in [4.69, 9.17) is 4.42 Å². The van der Waals surface area contributed by atoms with Gasteiger partial charge in [0.2, 0.25) is 0 Å². The number of hydrogen-bond donors (Lipinski definition) is 3. The third kappa shape index (κ3) is 4.68. The van der Waals surface area contributed by atoms with Gasteiger partial charge in [-0.25, -0.2) is 9.98 Å². The molecule has 3 N–H and O–H groups in total. The van der Waals surface area contributed by atoms with Crippen molar-refractivity contribution in [1.29, 1.82) is 0 Å². The third-order valence-electron chi connectivity index (χ3n) is 4.34. The Morgan fingerprint density at radius 2 is 2.19 bits per heavy atom. The molecule has 0 aliphatic rings. The lowest BCUT2D eigenvalue weighted by atomic mass is 10.0. The van der Waals surface area contributed by atoms with Crippen molar-refractivity contribution in [3.63, 3.8) is 0 Å². The first-order valence-electron chi connectivity index (χ1n) is 9.21. The lowest BCUT2D eigenvalue weighted by Gasteiger charge is -2.19. The van der Waals surface area contributed by atoms with E-state index in [1.165, 1.54) is 0 Å². The van der Waals surface area contributed by atoms with E-state index in [0.29, 0.717) is 18.3 Å². The Balaban J connectivity index is 1.59. The highest BCUT2D eigenvalue weighted by atomic mass is 16.4. The number of aliphatic hydroxyl groups is 1. The topological polar surface area (TPSA) is 87.1 Å². The maximum atomic E-state index is 10.5. The molecule has 0 aromatic carbocycles. The highest BCUT2D eigenvalue weighted by molar-refractivity contribution is 5.79. The normalized spacial score (nSPS) is 14.3. The van der Waals surface area contributed by atoms with Crippen LogP contribution in [0, 0.1) is 6.92 Å². The summed E-state index contributed by atoms with van der Waals surface area (Å²) in [6, 6.07) is 7.59. The maximum Gasteiger partial charge on any atom is 0.191 e. The molecule has 3 aromatic rings. The number of imidazole rings is 1. The molecular weight excluding hydrogens is 342 g/mol. The summed E-state index contributed by atoms with van der Waals surface area (Å²) in [5.74, 6) is 1.16. The molecule has 0 amide bonds. The maximum absolute atomic E-state index is 10.5. The number of nitrogens with zero attached hydrogens (tertiary/aromatic N) is 3. The molecule has 27 heavy (non-hydrogen) atoms. The van der Waals surface area contributed by atoms with E-state index in [0.717, 1.165) is 29.9 Å². The summed E-state index contributed by atoms with van der Waals surface area (Å²) >= 11 is 0. The van der Waals surface area contributed by atoms with E-state index in [2.05, 4.69) is 39.8 Å². The summed E-state index contributed by atoms with van der Waals surface area (Å²) in [5.41, 5.74) is 2.02. The molecule has 0 radical (unpaired) electrons. The van der Waals surface area contributed by atoms with Crippen LogP contribution in [-0.4, -0.2) is 40.1 Å². The molecule has 0 spiro atoms. The summed E-state index contributed by atoms with van der Waals surface area (Å²) in [7, 11) is 0. The zero-order valence-corrected chi connectivity index (χ0v) is 16.1. The fourth-order valence-electron chi connectivity index (χ4n) is 2.87. The van der Waals surface area contributed by atoms with E-state index < -0.39 is 5.60 Å². The van der Waals surface area contributed by atoms with Crippen LogP contribution in [0.2, 0.25) is 0 Å². The zero-order chi connectivity index (χ0) is 19.3. The quantitative estimate of drug-likeness (QED) is 0.439. The van der Waals surface area contributed by atoms with E-state index >= 15 is 0 Å². The Morgan fingerprint density at radius 3 is 2.89 bits per heavy atom. The molecule has 3 aromatic heterocycles. The number of aromatic nitrogens is 2. The summed E-state index contributed by atoms with van der Waals surface area (Å²) in [5, 5.41) is 17.0. The van der Waals surface area contributed by atoms with Crippen molar-refractivity contribution in [2.24, 2.45) is 4.99 Å². The minimum Gasteiger partial charge on any atom is -0.466 e. The minimum absolute atomic E-state index is 0.198. The van der Waals surface area contributed by atoms with E-state index in [1.54, 1.807) is 25.3 Å². The molecule has 1 unspecified atom stereocenters. The van der Waals surface area contributed by atoms with Crippen LogP contribution < -0.4 is 10.6 Å². The van der Waals surface area contributed by atoms with Crippen LogP contribution in [0.4, 0.5) is 0 Å². The van der Waals surface area contributed by atoms with Gasteiger partial charge in [0.1, 0.15) is 17.0 Å². The summed E-state index contributed by atoms with van der Waals surface area (Å²) < 4.78 is 7.34. The van der Waals surface area contributed by atoms with Crippen molar-refractivity contribution in [2.45, 2.75) is 32.8 Å². The standard InChI is InChI=1S/C20H27N5O2/c1-4-21-19(23-14-20(3,26)17-8-6-12-27-17)22-10-9-16-13-25-11-5-7-15(2)18(25)24-16/h5-8,11-13,26H,4,9-10,14H2,1-3H3,(H2,21,22,23). The Morgan fingerprint density at radius 1 is 1.33 bits per heavy atom. The van der Waals surface area contributed by atoms with Gasteiger partial charge in [0.25, 0.3) is 0 Å². The first-order valence-corrected chi connectivity index (χ1v) is 9.21. The van der Waals surface area contributed by atoms with Crippen LogP contribution in [0.1, 0.15) is 30.9 Å². The molecule has 0 aliphatic carbocycles. The van der Waals surface area contributed by atoms with Crippen molar-refractivity contribution in [1.82, 2.24) is 20.0 Å². The molecule has 0 saturated heterocycles. The Bertz CT molecular complexity index is 896. The molecule has 7 nitrogen and oxygen atoms in total. The first-order chi connectivity index (χ1) is 13.0. The number of fused-ring (bicyclic) bond motifs is 1. The Labute approximate surface area is 159 Å². The fraction of sp³-hybridized carbons (Fsp3) is 0.400. The minimum atomic E-state index is -1.15. The Hall–Kier alpha value is -2.80. The molecule has 7 heteroatoms. The SMILES string of the molecule is CCNC(=NCC(C)(O)c1ccco1)NCCc1cn2cccc(C)c2n1. The van der Waals surface area contributed by atoms with Crippen molar-refractivity contribution < 1.29 is 9.52 Å². The number of rotatable bonds is 7. The van der Waals surface area contributed by atoms with Crippen LogP contribution in [-0.2, 0) is 12.0 Å². The van der Waals surface area contributed by atoms with Gasteiger partial charge >= 0.3 is 0 Å². The average molecular weight is 369 g/mol. The van der Waals surface area contributed by atoms with Gasteiger partial charge in [0.15, 0.2) is 5.96 Å². The van der Waals surface area contributed by atoms with E-state index in [1.807, 2.05) is 23.6 Å². The van der Waals surface area contributed by atoms with Gasteiger partial charge in [-0.05, 0) is 44.5 Å². The molecular formula is C20H27N5O2. The third-order valence-corrected chi connectivity index (χ3v) is 4.34. The number of guanidine groups is 1. The smallest absolute Gasteiger partial charge is 0.191 e. The predicted octanol–water partition coefficient (Wildman–Crippen LogP) is 2.24. The highest BCUT2D eigenvalue weighted by Gasteiger charge is 2.26. The molecule has 0 aliphatic heterocycles. The van der Waals surface area contributed by atoms with Crippen LogP contribution in [0.3, 0.4) is 0 Å². The Kier molecular flexibility index (Phi) is 5.81. The van der Waals surface area contributed by atoms with Crippen molar-refractivity contribution >= 4 is 11.6 Å². The molecule has 3 heterocycles. The number of furan rings is 1. The second-order valence-corrected chi connectivity index (χ2v) is 6.78.